The van der Waals surface area contributed by atoms with Gasteiger partial charge in [0.15, 0.2) is 10.9 Å². The highest BCUT2D eigenvalue weighted by Crippen LogP contribution is 2.15. The Hall–Kier alpha value is -2.20. The molecule has 4 heteroatoms. The van der Waals surface area contributed by atoms with Crippen molar-refractivity contribution in [2.75, 3.05) is 5.32 Å². The lowest BCUT2D eigenvalue weighted by Crippen LogP contribution is -2.30. The van der Waals surface area contributed by atoms with Gasteiger partial charge in [0, 0.05) is 11.3 Å². The van der Waals surface area contributed by atoms with Gasteiger partial charge in [-0.3, -0.25) is 4.79 Å². The third kappa shape index (κ3) is 5.17. The van der Waals surface area contributed by atoms with Crippen LogP contribution in [-0.2, 0) is 6.42 Å². The number of carbonyl (C=O) groups excluding carboxylic acids is 1. The van der Waals surface area contributed by atoms with Gasteiger partial charge in [-0.15, -0.1) is 0 Å². The van der Waals surface area contributed by atoms with Crippen LogP contribution in [0.25, 0.3) is 0 Å². The summed E-state index contributed by atoms with van der Waals surface area (Å²) in [6, 6.07) is 16.1. The lowest BCUT2D eigenvalue weighted by molar-refractivity contribution is 0.101. The van der Waals surface area contributed by atoms with Crippen LogP contribution >= 0.6 is 12.2 Å². The maximum atomic E-state index is 11.3. The Morgan fingerprint density at radius 3 is 2.25 bits per heavy atom. The monoisotopic (exact) mass is 340 g/mol. The van der Waals surface area contributed by atoms with Crippen LogP contribution in [0.5, 0.6) is 0 Å². The van der Waals surface area contributed by atoms with Crippen LogP contribution in [0.4, 0.5) is 5.69 Å². The summed E-state index contributed by atoms with van der Waals surface area (Å²) in [5.74, 6) is 0.0578. The summed E-state index contributed by atoms with van der Waals surface area (Å²) < 4.78 is 0. The normalized spacial score (nSPS) is 11.6. The number of rotatable bonds is 6. The number of benzene rings is 2. The summed E-state index contributed by atoms with van der Waals surface area (Å²) in [5, 5.41) is 7.00. The van der Waals surface area contributed by atoms with Gasteiger partial charge in [-0.25, -0.2) is 0 Å². The molecule has 2 aromatic carbocycles. The van der Waals surface area contributed by atoms with Crippen LogP contribution in [0, 0.1) is 0 Å². The van der Waals surface area contributed by atoms with E-state index in [0.717, 1.165) is 18.5 Å². The minimum absolute atomic E-state index is 0.0578. The first-order valence-corrected chi connectivity index (χ1v) is 8.67. The van der Waals surface area contributed by atoms with E-state index in [0.29, 0.717) is 10.7 Å². The van der Waals surface area contributed by atoms with E-state index in [1.54, 1.807) is 19.1 Å². The van der Waals surface area contributed by atoms with Gasteiger partial charge in [-0.1, -0.05) is 37.6 Å². The zero-order valence-corrected chi connectivity index (χ0v) is 15.2. The maximum Gasteiger partial charge on any atom is 0.171 e. The molecule has 0 bridgehead atoms. The molecule has 0 aliphatic heterocycles. The summed E-state index contributed by atoms with van der Waals surface area (Å²) in [5.41, 5.74) is 4.12. The molecule has 3 nitrogen and oxygen atoms in total. The Labute approximate surface area is 149 Å². The van der Waals surface area contributed by atoms with Gasteiger partial charge >= 0.3 is 0 Å². The Kier molecular flexibility index (Phi) is 6.50. The predicted molar refractivity (Wildman–Crippen MR) is 105 cm³/mol. The number of ketones is 1. The van der Waals surface area contributed by atoms with Crippen molar-refractivity contribution in [1.29, 1.82) is 0 Å². The largest absolute Gasteiger partial charge is 0.356 e. The Morgan fingerprint density at radius 2 is 1.71 bits per heavy atom. The molecule has 0 aliphatic rings. The minimum Gasteiger partial charge on any atom is -0.356 e. The van der Waals surface area contributed by atoms with Crippen molar-refractivity contribution < 1.29 is 4.79 Å². The van der Waals surface area contributed by atoms with Gasteiger partial charge < -0.3 is 10.6 Å². The van der Waals surface area contributed by atoms with Crippen molar-refractivity contribution in [2.24, 2.45) is 0 Å². The zero-order chi connectivity index (χ0) is 17.5. The van der Waals surface area contributed by atoms with E-state index in [1.807, 2.05) is 12.1 Å². The molecule has 1 atom stereocenters. The maximum absolute atomic E-state index is 11.3. The summed E-state index contributed by atoms with van der Waals surface area (Å²) in [4.78, 5) is 11.3. The molecule has 0 saturated heterocycles. The number of anilines is 1. The smallest absolute Gasteiger partial charge is 0.171 e. The quantitative estimate of drug-likeness (QED) is 0.580. The fourth-order valence-corrected chi connectivity index (χ4v) is 2.79. The highest BCUT2D eigenvalue weighted by Gasteiger charge is 2.07. The summed E-state index contributed by atoms with van der Waals surface area (Å²) in [6.45, 7) is 5.83. The third-order valence-corrected chi connectivity index (χ3v) is 4.14. The zero-order valence-electron chi connectivity index (χ0n) is 14.4. The van der Waals surface area contributed by atoms with Crippen LogP contribution < -0.4 is 10.6 Å². The van der Waals surface area contributed by atoms with Crippen molar-refractivity contribution in [3.8, 4) is 0 Å². The van der Waals surface area contributed by atoms with Gasteiger partial charge in [0.05, 0.1) is 6.04 Å². The molecule has 2 aromatic rings. The molecule has 0 aromatic heterocycles. The Morgan fingerprint density at radius 1 is 1.08 bits per heavy atom. The topological polar surface area (TPSA) is 41.1 Å². The summed E-state index contributed by atoms with van der Waals surface area (Å²) in [7, 11) is 0. The molecule has 0 spiro atoms. The Balaban J connectivity index is 1.92. The molecule has 0 amide bonds. The van der Waals surface area contributed by atoms with Crippen molar-refractivity contribution in [2.45, 2.75) is 39.7 Å². The van der Waals surface area contributed by atoms with Crippen molar-refractivity contribution >= 4 is 28.8 Å². The second-order valence-corrected chi connectivity index (χ2v) is 6.35. The second kappa shape index (κ2) is 8.60. The van der Waals surface area contributed by atoms with Gasteiger partial charge in [-0.2, -0.15) is 0 Å². The number of thiocarbonyl (C=S) groups is 1. The van der Waals surface area contributed by atoms with Crippen LogP contribution in [-0.4, -0.2) is 10.9 Å². The third-order valence-electron chi connectivity index (χ3n) is 3.92. The molecule has 0 heterocycles. The molecule has 0 aliphatic carbocycles. The predicted octanol–water partition coefficient (Wildman–Crippen LogP) is 4.89. The molecule has 1 unspecified atom stereocenters. The van der Waals surface area contributed by atoms with E-state index >= 15 is 0 Å². The van der Waals surface area contributed by atoms with E-state index in [1.165, 1.54) is 11.1 Å². The molecule has 2 rings (SSSR count). The average Bonchev–Trinajstić information content (AvgIpc) is 2.56. The number of hydrogen-bond acceptors (Lipinski definition) is 2. The fraction of sp³-hybridized carbons (Fsp3) is 0.300. The summed E-state index contributed by atoms with van der Waals surface area (Å²) >= 11 is 5.37. The average molecular weight is 340 g/mol. The lowest BCUT2D eigenvalue weighted by Gasteiger charge is -2.18. The molecular weight excluding hydrogens is 316 g/mol. The Bertz CT molecular complexity index is 693. The molecule has 0 fully saturated rings. The highest BCUT2D eigenvalue weighted by molar-refractivity contribution is 7.80. The van der Waals surface area contributed by atoms with E-state index in [-0.39, 0.29) is 11.8 Å². The van der Waals surface area contributed by atoms with Crippen LogP contribution in [0.1, 0.15) is 54.7 Å². The molecular formula is C20H24N2OS. The van der Waals surface area contributed by atoms with Crippen molar-refractivity contribution in [3.05, 3.63) is 65.2 Å². The number of aryl methyl sites for hydroxylation is 1. The standard InChI is InChI=1S/C20H24N2OS/c1-4-5-16-6-8-17(9-7-16)14(2)21-20(24)22-19-12-10-18(11-13-19)15(3)23/h6-14H,4-5H2,1-3H3,(H2,21,22,24). The van der Waals surface area contributed by atoms with Gasteiger partial charge in [-0.05, 0) is 67.9 Å². The fourth-order valence-electron chi connectivity index (χ4n) is 2.50. The summed E-state index contributed by atoms with van der Waals surface area (Å²) in [6.07, 6.45) is 2.27. The first-order valence-electron chi connectivity index (χ1n) is 8.27. The van der Waals surface area contributed by atoms with Crippen molar-refractivity contribution in [1.82, 2.24) is 5.32 Å². The number of nitrogens with one attached hydrogen (secondary N) is 2. The second-order valence-electron chi connectivity index (χ2n) is 5.95. The van der Waals surface area contributed by atoms with E-state index in [4.69, 9.17) is 12.2 Å². The first-order chi connectivity index (χ1) is 11.5. The van der Waals surface area contributed by atoms with Gasteiger partial charge in [0.2, 0.25) is 0 Å². The molecule has 0 saturated carbocycles. The van der Waals surface area contributed by atoms with E-state index < -0.39 is 0 Å². The van der Waals surface area contributed by atoms with E-state index in [2.05, 4.69) is 48.7 Å². The van der Waals surface area contributed by atoms with Crippen molar-refractivity contribution in [3.63, 3.8) is 0 Å². The minimum atomic E-state index is 0.0578. The molecule has 126 valence electrons. The highest BCUT2D eigenvalue weighted by atomic mass is 32.1. The molecule has 0 radical (unpaired) electrons. The molecule has 2 N–H and O–H groups in total. The van der Waals surface area contributed by atoms with Gasteiger partial charge in [0.1, 0.15) is 0 Å². The SMILES string of the molecule is CCCc1ccc(C(C)NC(=S)Nc2ccc(C(C)=O)cc2)cc1. The number of Topliss-reactive ketones (excluding diaryl/α,β-unsaturated/α-hetero) is 1. The lowest BCUT2D eigenvalue weighted by atomic mass is 10.0. The molecule has 24 heavy (non-hydrogen) atoms. The number of hydrogen-bond donors (Lipinski definition) is 2. The van der Waals surface area contributed by atoms with Gasteiger partial charge in [0.25, 0.3) is 0 Å². The first kappa shape index (κ1) is 18.1. The van der Waals surface area contributed by atoms with Crippen LogP contribution in [0.15, 0.2) is 48.5 Å². The number of carbonyl (C=O) groups is 1. The van der Waals surface area contributed by atoms with Crippen LogP contribution in [0.2, 0.25) is 0 Å². The van der Waals surface area contributed by atoms with E-state index in [9.17, 15) is 4.79 Å². The van der Waals surface area contributed by atoms with Crippen LogP contribution in [0.3, 0.4) is 0 Å².